The van der Waals surface area contributed by atoms with Crippen LogP contribution in [-0.4, -0.2) is 44.0 Å². The minimum absolute atomic E-state index is 0.0211. The number of rotatable bonds is 13. The van der Waals surface area contributed by atoms with Gasteiger partial charge in [-0.3, -0.25) is 4.79 Å². The minimum Gasteiger partial charge on any atom is -0.481 e. The second-order valence-corrected chi connectivity index (χ2v) is 15.0. The van der Waals surface area contributed by atoms with Crippen LogP contribution in [0, 0.1) is 0 Å². The van der Waals surface area contributed by atoms with Crippen molar-refractivity contribution in [1.82, 2.24) is 0 Å². The number of carboxylic acid groups (broad SMARTS) is 1. The van der Waals surface area contributed by atoms with Crippen LogP contribution in [0.1, 0.15) is 86.0 Å². The minimum atomic E-state index is -1.82. The number of unbranched alkanes of at least 4 members (excludes halogenated alkanes) is 4. The van der Waals surface area contributed by atoms with Crippen molar-refractivity contribution in [2.45, 2.75) is 122 Å². The van der Waals surface area contributed by atoms with E-state index in [1.165, 1.54) is 0 Å². The molecule has 0 aromatic heterocycles. The van der Waals surface area contributed by atoms with Crippen LogP contribution in [0.2, 0.25) is 18.1 Å². The Morgan fingerprint density at radius 3 is 2.38 bits per heavy atom. The highest BCUT2D eigenvalue weighted by Crippen LogP contribution is 2.38. The van der Waals surface area contributed by atoms with Crippen LogP contribution >= 0.6 is 0 Å². The summed E-state index contributed by atoms with van der Waals surface area (Å²) in [4.78, 5) is 10.6. The fourth-order valence-corrected chi connectivity index (χ4v) is 4.59. The van der Waals surface area contributed by atoms with E-state index in [2.05, 4.69) is 46.0 Å². The van der Waals surface area contributed by atoms with Crippen LogP contribution in [0.15, 0.2) is 12.2 Å². The quantitative estimate of drug-likeness (QED) is 0.212. The average molecular weight is 429 g/mol. The third-order valence-corrected chi connectivity index (χ3v) is 10.5. The summed E-state index contributed by atoms with van der Waals surface area (Å²) in [6.45, 7) is 16.0. The van der Waals surface area contributed by atoms with Gasteiger partial charge in [0.05, 0.1) is 6.61 Å². The van der Waals surface area contributed by atoms with Gasteiger partial charge in [0.15, 0.2) is 14.1 Å². The molecule has 1 rings (SSSR count). The van der Waals surface area contributed by atoms with E-state index in [1.54, 1.807) is 0 Å². The van der Waals surface area contributed by atoms with Gasteiger partial charge in [0.25, 0.3) is 0 Å². The molecule has 29 heavy (non-hydrogen) atoms. The van der Waals surface area contributed by atoms with Gasteiger partial charge in [-0.1, -0.05) is 58.6 Å². The van der Waals surface area contributed by atoms with Crippen molar-refractivity contribution < 1.29 is 23.8 Å². The van der Waals surface area contributed by atoms with Crippen LogP contribution in [0.5, 0.6) is 0 Å². The van der Waals surface area contributed by atoms with Gasteiger partial charge in [0.1, 0.15) is 6.10 Å². The fraction of sp³-hybridized carbons (Fsp3) is 0.870. The molecule has 1 heterocycles. The molecule has 1 aliphatic rings. The van der Waals surface area contributed by atoms with Crippen LogP contribution < -0.4 is 0 Å². The summed E-state index contributed by atoms with van der Waals surface area (Å²) in [7, 11) is -1.82. The maximum Gasteiger partial charge on any atom is 0.303 e. The van der Waals surface area contributed by atoms with Crippen LogP contribution in [-0.2, 0) is 18.7 Å². The largest absolute Gasteiger partial charge is 0.481 e. The average Bonchev–Trinajstić information content (AvgIpc) is 2.91. The van der Waals surface area contributed by atoms with Crippen LogP contribution in [0.3, 0.4) is 0 Å². The van der Waals surface area contributed by atoms with Gasteiger partial charge in [-0.25, -0.2) is 0 Å². The van der Waals surface area contributed by atoms with E-state index < -0.39 is 20.1 Å². The Bertz CT molecular complexity index is 522. The molecule has 2 atom stereocenters. The number of carbonyl (C=O) groups is 1. The van der Waals surface area contributed by atoms with Gasteiger partial charge in [-0.2, -0.15) is 0 Å². The monoisotopic (exact) mass is 428 g/mol. The summed E-state index contributed by atoms with van der Waals surface area (Å²) >= 11 is 0. The predicted molar refractivity (Wildman–Crippen MR) is 121 cm³/mol. The zero-order chi connectivity index (χ0) is 22.1. The Hall–Kier alpha value is -0.693. The molecule has 6 heteroatoms. The van der Waals surface area contributed by atoms with E-state index in [-0.39, 0.29) is 23.7 Å². The van der Waals surface area contributed by atoms with Gasteiger partial charge >= 0.3 is 5.97 Å². The molecule has 0 aromatic carbocycles. The normalized spacial score (nSPS) is 21.0. The Labute approximate surface area is 179 Å². The first-order chi connectivity index (χ1) is 13.3. The molecule has 1 saturated heterocycles. The standard InChI is InChI=1S/C23H44O5Si/c1-22(2,3)29(6,7)28-19(14-11-9-8-10-12-17-21(24)25)15-13-16-20-18-26-23(4,5)27-20/h13,16,19-20H,8-12,14-15,17-18H2,1-7H3,(H,24,25)/b16-13+. The summed E-state index contributed by atoms with van der Waals surface area (Å²) in [6.07, 6.45) is 11.9. The van der Waals surface area contributed by atoms with Crippen molar-refractivity contribution in [1.29, 1.82) is 0 Å². The number of hydrogen-bond acceptors (Lipinski definition) is 4. The zero-order valence-corrected chi connectivity index (χ0v) is 20.8. The van der Waals surface area contributed by atoms with Crippen molar-refractivity contribution in [2.75, 3.05) is 6.61 Å². The van der Waals surface area contributed by atoms with Crippen molar-refractivity contribution in [3.05, 3.63) is 12.2 Å². The smallest absolute Gasteiger partial charge is 0.303 e. The van der Waals surface area contributed by atoms with E-state index in [9.17, 15) is 4.79 Å². The number of aliphatic carboxylic acids is 1. The molecule has 170 valence electrons. The van der Waals surface area contributed by atoms with Gasteiger partial charge < -0.3 is 19.0 Å². The second kappa shape index (κ2) is 11.6. The summed E-state index contributed by atoms with van der Waals surface area (Å²) in [5, 5.41) is 8.91. The van der Waals surface area contributed by atoms with Crippen LogP contribution in [0.25, 0.3) is 0 Å². The van der Waals surface area contributed by atoms with Gasteiger partial charge in [-0.05, 0) is 51.2 Å². The molecular formula is C23H44O5Si. The first-order valence-electron chi connectivity index (χ1n) is 11.2. The third-order valence-electron chi connectivity index (χ3n) is 5.96. The SMILES string of the molecule is CC1(C)OCC(/C=C/CC(CCCCCCCC(=O)O)O[Si](C)(C)C(C)(C)C)O1. The molecule has 0 bridgehead atoms. The predicted octanol–water partition coefficient (Wildman–Crippen LogP) is 6.29. The van der Waals surface area contributed by atoms with E-state index in [0.29, 0.717) is 6.61 Å². The first kappa shape index (κ1) is 26.3. The van der Waals surface area contributed by atoms with Crippen molar-refractivity contribution >= 4 is 14.3 Å². The van der Waals surface area contributed by atoms with E-state index in [4.69, 9.17) is 19.0 Å². The summed E-state index contributed by atoms with van der Waals surface area (Å²) in [5.74, 6) is -1.19. The first-order valence-corrected chi connectivity index (χ1v) is 14.1. The summed E-state index contributed by atoms with van der Waals surface area (Å²) in [6, 6.07) is 0. The highest BCUT2D eigenvalue weighted by molar-refractivity contribution is 6.74. The lowest BCUT2D eigenvalue weighted by Gasteiger charge is -2.39. The lowest BCUT2D eigenvalue weighted by atomic mass is 10.0. The van der Waals surface area contributed by atoms with Gasteiger partial charge in [0.2, 0.25) is 0 Å². The van der Waals surface area contributed by atoms with Crippen molar-refractivity contribution in [3.8, 4) is 0 Å². The molecule has 1 aliphatic heterocycles. The highest BCUT2D eigenvalue weighted by Gasteiger charge is 2.39. The maximum absolute atomic E-state index is 10.6. The number of hydrogen-bond donors (Lipinski definition) is 1. The number of ether oxygens (including phenoxy) is 2. The Balaban J connectivity index is 2.50. The van der Waals surface area contributed by atoms with E-state index in [1.807, 2.05) is 13.8 Å². The third kappa shape index (κ3) is 10.8. The molecule has 0 aliphatic carbocycles. The van der Waals surface area contributed by atoms with E-state index >= 15 is 0 Å². The highest BCUT2D eigenvalue weighted by atomic mass is 28.4. The molecule has 1 N–H and O–H groups in total. The lowest BCUT2D eigenvalue weighted by Crippen LogP contribution is -2.43. The fourth-order valence-electron chi connectivity index (χ4n) is 3.19. The Morgan fingerprint density at radius 1 is 1.21 bits per heavy atom. The van der Waals surface area contributed by atoms with Crippen LogP contribution in [0.4, 0.5) is 0 Å². The van der Waals surface area contributed by atoms with E-state index in [0.717, 1.165) is 44.9 Å². The molecule has 0 radical (unpaired) electrons. The second-order valence-electron chi connectivity index (χ2n) is 10.2. The molecule has 0 aromatic rings. The molecule has 5 nitrogen and oxygen atoms in total. The molecule has 0 spiro atoms. The lowest BCUT2D eigenvalue weighted by molar-refractivity contribution is -0.137. The number of carboxylic acids is 1. The summed E-state index contributed by atoms with van der Waals surface area (Å²) in [5.41, 5.74) is 0. The topological polar surface area (TPSA) is 65.0 Å². The maximum atomic E-state index is 10.6. The van der Waals surface area contributed by atoms with Crippen molar-refractivity contribution in [2.24, 2.45) is 0 Å². The van der Waals surface area contributed by atoms with Gasteiger partial charge in [0, 0.05) is 12.5 Å². The van der Waals surface area contributed by atoms with Gasteiger partial charge in [-0.15, -0.1) is 0 Å². The Kier molecular flexibility index (Phi) is 10.6. The molecule has 2 unspecified atom stereocenters. The molecule has 1 fully saturated rings. The van der Waals surface area contributed by atoms with Crippen molar-refractivity contribution in [3.63, 3.8) is 0 Å². The molecule has 0 saturated carbocycles. The molecular weight excluding hydrogens is 384 g/mol. The summed E-state index contributed by atoms with van der Waals surface area (Å²) < 4.78 is 18.2. The molecule has 0 amide bonds. The zero-order valence-electron chi connectivity index (χ0n) is 19.8. The Morgan fingerprint density at radius 2 is 1.83 bits per heavy atom.